The van der Waals surface area contributed by atoms with Gasteiger partial charge >= 0.3 is 0 Å². The van der Waals surface area contributed by atoms with Crippen LogP contribution in [0.4, 0.5) is 0 Å². The van der Waals surface area contributed by atoms with Crippen LogP contribution in [0.25, 0.3) is 10.9 Å². The molecule has 0 bridgehead atoms. The van der Waals surface area contributed by atoms with Gasteiger partial charge in [-0.25, -0.2) is 0 Å². The normalized spacial score (nSPS) is 11.9. The van der Waals surface area contributed by atoms with Crippen molar-refractivity contribution in [1.82, 2.24) is 10.3 Å². The Labute approximate surface area is 196 Å². The summed E-state index contributed by atoms with van der Waals surface area (Å²) in [7, 11) is 0. The number of rotatable bonds is 11. The Morgan fingerprint density at radius 1 is 0.970 bits per heavy atom. The molecule has 0 aliphatic rings. The second-order valence-corrected chi connectivity index (χ2v) is 8.45. The van der Waals surface area contributed by atoms with Crippen molar-refractivity contribution in [1.29, 1.82) is 0 Å². The maximum Gasteiger partial charge on any atom is 0.220 e. The summed E-state index contributed by atoms with van der Waals surface area (Å²) < 4.78 is 6.08. The first-order valence-electron chi connectivity index (χ1n) is 11.8. The maximum atomic E-state index is 12.9. The molecular weight excluding hydrogens is 408 g/mol. The highest BCUT2D eigenvalue weighted by molar-refractivity contribution is 5.86. The molecule has 2 N–H and O–H groups in total. The van der Waals surface area contributed by atoms with Gasteiger partial charge in [0.2, 0.25) is 5.91 Å². The van der Waals surface area contributed by atoms with Crippen LogP contribution in [0.1, 0.15) is 55.2 Å². The SMILES string of the molecule is CCCCCNC(=O)CC(c1cccc(OCc2ccccc2)c1)c1c[nH]c2ccccc12. The molecule has 0 saturated heterocycles. The molecular formula is C29H32N2O2. The van der Waals surface area contributed by atoms with E-state index in [0.29, 0.717) is 13.0 Å². The summed E-state index contributed by atoms with van der Waals surface area (Å²) in [6.45, 7) is 3.41. The molecule has 4 nitrogen and oxygen atoms in total. The van der Waals surface area contributed by atoms with Gasteiger partial charge in [0.25, 0.3) is 0 Å². The van der Waals surface area contributed by atoms with Crippen LogP contribution in [-0.2, 0) is 11.4 Å². The van der Waals surface area contributed by atoms with Gasteiger partial charge in [-0.2, -0.15) is 0 Å². The number of benzene rings is 3. The molecule has 4 heteroatoms. The standard InChI is InChI=1S/C29H32N2O2/c1-2-3-9-17-30-29(32)19-26(27-20-31-28-16-8-7-15-25(27)28)23-13-10-14-24(18-23)33-21-22-11-5-4-6-12-22/h4-8,10-16,18,20,26,31H,2-3,9,17,19,21H2,1H3,(H,30,32). The highest BCUT2D eigenvalue weighted by Gasteiger charge is 2.22. The number of carbonyl (C=O) groups is 1. The summed E-state index contributed by atoms with van der Waals surface area (Å²) in [6, 6.07) is 26.5. The van der Waals surface area contributed by atoms with Crippen LogP contribution >= 0.6 is 0 Å². The van der Waals surface area contributed by atoms with E-state index in [1.165, 1.54) is 0 Å². The van der Waals surface area contributed by atoms with Gasteiger partial charge in [-0.15, -0.1) is 0 Å². The number of hydrogen-bond donors (Lipinski definition) is 2. The second-order valence-electron chi connectivity index (χ2n) is 8.45. The number of nitrogens with one attached hydrogen (secondary N) is 2. The summed E-state index contributed by atoms with van der Waals surface area (Å²) in [4.78, 5) is 16.2. The number of carbonyl (C=O) groups excluding carboxylic acids is 1. The van der Waals surface area contributed by atoms with Gasteiger partial charge in [0.15, 0.2) is 0 Å². The van der Waals surface area contributed by atoms with Gasteiger partial charge in [0.05, 0.1) is 0 Å². The summed E-state index contributed by atoms with van der Waals surface area (Å²) in [6.07, 6.45) is 5.73. The van der Waals surface area contributed by atoms with Crippen molar-refractivity contribution >= 4 is 16.8 Å². The quantitative estimate of drug-likeness (QED) is 0.259. The first-order valence-corrected chi connectivity index (χ1v) is 11.8. The first kappa shape index (κ1) is 22.7. The maximum absolute atomic E-state index is 12.9. The molecule has 4 aromatic rings. The number of aromatic amines is 1. The fraction of sp³-hybridized carbons (Fsp3) is 0.276. The summed E-state index contributed by atoms with van der Waals surface area (Å²) in [5, 5.41) is 4.26. The Balaban J connectivity index is 1.57. The molecule has 4 rings (SSSR count). The van der Waals surface area contributed by atoms with E-state index in [2.05, 4.69) is 53.6 Å². The minimum atomic E-state index is -0.0624. The number of ether oxygens (including phenoxy) is 1. The molecule has 3 aromatic carbocycles. The van der Waals surface area contributed by atoms with E-state index in [0.717, 1.165) is 59.2 Å². The molecule has 0 radical (unpaired) electrons. The number of hydrogen-bond acceptors (Lipinski definition) is 2. The predicted octanol–water partition coefficient (Wildman–Crippen LogP) is 6.58. The number of para-hydroxylation sites is 1. The molecule has 1 aromatic heterocycles. The average Bonchev–Trinajstić information content (AvgIpc) is 3.29. The van der Waals surface area contributed by atoms with Crippen molar-refractivity contribution in [2.45, 2.75) is 45.1 Å². The molecule has 1 atom stereocenters. The van der Waals surface area contributed by atoms with Crippen molar-refractivity contribution in [3.63, 3.8) is 0 Å². The van der Waals surface area contributed by atoms with E-state index < -0.39 is 0 Å². The lowest BCUT2D eigenvalue weighted by molar-refractivity contribution is -0.121. The predicted molar refractivity (Wildman–Crippen MR) is 135 cm³/mol. The van der Waals surface area contributed by atoms with Crippen LogP contribution in [0.2, 0.25) is 0 Å². The third-order valence-electron chi connectivity index (χ3n) is 6.00. The first-order chi connectivity index (χ1) is 16.2. The Morgan fingerprint density at radius 3 is 2.64 bits per heavy atom. The highest BCUT2D eigenvalue weighted by Crippen LogP contribution is 2.35. The van der Waals surface area contributed by atoms with Gasteiger partial charge < -0.3 is 15.0 Å². The van der Waals surface area contributed by atoms with Crippen molar-refractivity contribution in [3.8, 4) is 5.75 Å². The summed E-state index contributed by atoms with van der Waals surface area (Å²) >= 11 is 0. The molecule has 1 heterocycles. The smallest absolute Gasteiger partial charge is 0.220 e. The van der Waals surface area contributed by atoms with Crippen LogP contribution in [-0.4, -0.2) is 17.4 Å². The molecule has 0 aliphatic carbocycles. The van der Waals surface area contributed by atoms with Gasteiger partial charge in [0.1, 0.15) is 12.4 Å². The number of fused-ring (bicyclic) bond motifs is 1. The molecule has 1 unspecified atom stereocenters. The summed E-state index contributed by atoms with van der Waals surface area (Å²) in [5.74, 6) is 0.828. The van der Waals surface area contributed by atoms with Gasteiger partial charge in [-0.05, 0) is 41.3 Å². The lowest BCUT2D eigenvalue weighted by atomic mass is 9.88. The minimum Gasteiger partial charge on any atom is -0.489 e. The molecule has 0 fully saturated rings. The van der Waals surface area contributed by atoms with Crippen molar-refractivity contribution in [2.75, 3.05) is 6.54 Å². The van der Waals surface area contributed by atoms with E-state index in [9.17, 15) is 4.79 Å². The zero-order valence-electron chi connectivity index (χ0n) is 19.2. The zero-order valence-corrected chi connectivity index (χ0v) is 19.2. The van der Waals surface area contributed by atoms with Crippen LogP contribution in [0.5, 0.6) is 5.75 Å². The van der Waals surface area contributed by atoms with Crippen molar-refractivity contribution < 1.29 is 9.53 Å². The molecule has 0 saturated carbocycles. The van der Waals surface area contributed by atoms with Crippen LogP contribution < -0.4 is 10.1 Å². The van der Waals surface area contributed by atoms with E-state index in [1.54, 1.807) is 0 Å². The Morgan fingerprint density at radius 2 is 1.79 bits per heavy atom. The minimum absolute atomic E-state index is 0.0624. The number of aromatic nitrogens is 1. The fourth-order valence-electron chi connectivity index (χ4n) is 4.21. The van der Waals surface area contributed by atoms with E-state index in [4.69, 9.17) is 4.74 Å². The Bertz CT molecular complexity index is 1170. The Kier molecular flexibility index (Phi) is 7.81. The zero-order chi connectivity index (χ0) is 22.9. The number of amides is 1. The van der Waals surface area contributed by atoms with Crippen LogP contribution in [0, 0.1) is 0 Å². The molecule has 0 spiro atoms. The largest absolute Gasteiger partial charge is 0.489 e. The lowest BCUT2D eigenvalue weighted by Gasteiger charge is -2.18. The average molecular weight is 441 g/mol. The molecule has 33 heavy (non-hydrogen) atoms. The van der Waals surface area contributed by atoms with Crippen molar-refractivity contribution in [2.24, 2.45) is 0 Å². The van der Waals surface area contributed by atoms with Gasteiger partial charge in [0, 0.05) is 36.0 Å². The summed E-state index contributed by atoms with van der Waals surface area (Å²) in [5.41, 5.74) is 4.42. The molecule has 1 amide bonds. The monoisotopic (exact) mass is 440 g/mol. The van der Waals surface area contributed by atoms with Gasteiger partial charge in [-0.1, -0.05) is 80.4 Å². The molecule has 170 valence electrons. The fourth-order valence-corrected chi connectivity index (χ4v) is 4.21. The number of unbranched alkanes of at least 4 members (excludes halogenated alkanes) is 2. The lowest BCUT2D eigenvalue weighted by Crippen LogP contribution is -2.26. The van der Waals surface area contributed by atoms with E-state index in [-0.39, 0.29) is 11.8 Å². The topological polar surface area (TPSA) is 54.1 Å². The van der Waals surface area contributed by atoms with E-state index >= 15 is 0 Å². The Hall–Kier alpha value is -3.53. The van der Waals surface area contributed by atoms with Crippen LogP contribution in [0.15, 0.2) is 85.1 Å². The van der Waals surface area contributed by atoms with Crippen LogP contribution in [0.3, 0.4) is 0 Å². The van der Waals surface area contributed by atoms with Gasteiger partial charge in [-0.3, -0.25) is 4.79 Å². The highest BCUT2D eigenvalue weighted by atomic mass is 16.5. The second kappa shape index (κ2) is 11.4. The number of H-pyrrole nitrogens is 1. The molecule has 0 aliphatic heterocycles. The van der Waals surface area contributed by atoms with Crippen molar-refractivity contribution in [3.05, 3.63) is 102 Å². The van der Waals surface area contributed by atoms with E-state index in [1.807, 2.05) is 48.7 Å². The third kappa shape index (κ3) is 6.04. The third-order valence-corrected chi connectivity index (χ3v) is 6.00.